The molecule has 0 unspecified atom stereocenters. The van der Waals surface area contributed by atoms with E-state index in [4.69, 9.17) is 18.9 Å². The molecule has 1 saturated heterocycles. The molecule has 1 aromatic heterocycles. The second-order valence-electron chi connectivity index (χ2n) is 9.08. The normalized spacial score (nSPS) is 19.1. The van der Waals surface area contributed by atoms with Gasteiger partial charge in [0.05, 0.1) is 26.8 Å². The zero-order chi connectivity index (χ0) is 27.4. The Morgan fingerprint density at radius 2 is 1.85 bits per heavy atom. The number of nitrogens with one attached hydrogen (secondary N) is 2. The van der Waals surface area contributed by atoms with Crippen LogP contribution in [0.4, 0.5) is 0 Å². The number of hydrogen-bond donors (Lipinski definition) is 2. The van der Waals surface area contributed by atoms with Crippen LogP contribution < -0.4 is 29.6 Å². The standard InChI is InChI=1S/C28H28N4O7/c1-36-21-9-7-18-12-24(21)38-16-26(33)30-13-17-6-8-22(23(11-17)37-2)39-25-15-32(14-20(25)31-27(18)34)28(35)19-5-3-4-10-29-19/h3-12,20,25H,13-16H2,1-2H3,(H,30,33)(H,31,34)/t20-,25-/m0/s1. The highest BCUT2D eigenvalue weighted by atomic mass is 16.5. The average molecular weight is 533 g/mol. The first-order valence-corrected chi connectivity index (χ1v) is 12.4. The molecule has 3 amide bonds. The molecule has 0 aliphatic carbocycles. The molecule has 0 saturated carbocycles. The van der Waals surface area contributed by atoms with Crippen LogP contribution in [0.3, 0.4) is 0 Å². The first-order chi connectivity index (χ1) is 18.9. The van der Waals surface area contributed by atoms with Crippen molar-refractivity contribution in [1.82, 2.24) is 20.5 Å². The molecule has 3 aliphatic rings. The van der Waals surface area contributed by atoms with Gasteiger partial charge in [0.15, 0.2) is 29.6 Å². The van der Waals surface area contributed by atoms with Crippen LogP contribution in [0.2, 0.25) is 0 Å². The SMILES string of the molecule is COc1ccc2cc1OCC(=O)NCc1ccc(c(OC)c1)O[C@H]1CN(C(=O)c3ccccn3)C[C@@H]1NC2=O. The summed E-state index contributed by atoms with van der Waals surface area (Å²) in [6.45, 7) is 0.409. The lowest BCUT2D eigenvalue weighted by atomic mass is 10.1. The van der Waals surface area contributed by atoms with Crippen LogP contribution in [0, 0.1) is 0 Å². The first-order valence-electron chi connectivity index (χ1n) is 12.4. The predicted molar refractivity (Wildman–Crippen MR) is 139 cm³/mol. The molecule has 0 radical (unpaired) electrons. The summed E-state index contributed by atoms with van der Waals surface area (Å²) in [5.74, 6) is 0.530. The maximum absolute atomic E-state index is 13.3. The van der Waals surface area contributed by atoms with E-state index in [-0.39, 0.29) is 43.8 Å². The third-order valence-corrected chi connectivity index (χ3v) is 6.53. The highest BCUT2D eigenvalue weighted by Gasteiger charge is 2.39. The highest BCUT2D eigenvalue weighted by Crippen LogP contribution is 2.32. The van der Waals surface area contributed by atoms with E-state index in [0.717, 1.165) is 5.56 Å². The van der Waals surface area contributed by atoms with Crippen LogP contribution in [-0.4, -0.2) is 73.7 Å². The van der Waals surface area contributed by atoms with Gasteiger partial charge in [-0.1, -0.05) is 12.1 Å². The molecule has 3 aromatic rings. The summed E-state index contributed by atoms with van der Waals surface area (Å²) < 4.78 is 22.9. The van der Waals surface area contributed by atoms with Crippen molar-refractivity contribution >= 4 is 17.7 Å². The van der Waals surface area contributed by atoms with Gasteiger partial charge in [0.1, 0.15) is 11.8 Å². The van der Waals surface area contributed by atoms with Crippen molar-refractivity contribution in [2.45, 2.75) is 18.7 Å². The number of pyridine rings is 1. The third-order valence-electron chi connectivity index (χ3n) is 6.53. The summed E-state index contributed by atoms with van der Waals surface area (Å²) in [7, 11) is 2.99. The number of methoxy groups -OCH3 is 2. The molecule has 11 nitrogen and oxygen atoms in total. The lowest BCUT2D eigenvalue weighted by molar-refractivity contribution is -0.123. The molecular formula is C28H28N4O7. The predicted octanol–water partition coefficient (Wildman–Crippen LogP) is 1.81. The summed E-state index contributed by atoms with van der Waals surface area (Å²) in [4.78, 5) is 44.7. The summed E-state index contributed by atoms with van der Waals surface area (Å²) in [5, 5.41) is 5.80. The molecule has 4 bridgehead atoms. The zero-order valence-electron chi connectivity index (χ0n) is 21.5. The molecule has 1 fully saturated rings. The van der Waals surface area contributed by atoms with Gasteiger partial charge in [-0.15, -0.1) is 0 Å². The lowest BCUT2D eigenvalue weighted by Gasteiger charge is -2.22. The number of carbonyl (C=O) groups is 3. The quantitative estimate of drug-likeness (QED) is 0.523. The van der Waals surface area contributed by atoms with Crippen LogP contribution in [0.15, 0.2) is 60.8 Å². The fourth-order valence-corrected chi connectivity index (χ4v) is 4.51. The number of hydrogen-bond acceptors (Lipinski definition) is 8. The van der Waals surface area contributed by atoms with E-state index in [1.165, 1.54) is 20.3 Å². The minimum Gasteiger partial charge on any atom is -0.493 e. The molecule has 2 atom stereocenters. The Labute approximate surface area is 225 Å². The van der Waals surface area contributed by atoms with E-state index < -0.39 is 18.1 Å². The van der Waals surface area contributed by atoms with Crippen molar-refractivity contribution in [3.63, 3.8) is 0 Å². The van der Waals surface area contributed by atoms with E-state index in [0.29, 0.717) is 28.5 Å². The van der Waals surface area contributed by atoms with Gasteiger partial charge in [-0.25, -0.2) is 0 Å². The summed E-state index contributed by atoms with van der Waals surface area (Å²) >= 11 is 0. The minimum atomic E-state index is -0.578. The van der Waals surface area contributed by atoms with Crippen molar-refractivity contribution in [1.29, 1.82) is 0 Å². The van der Waals surface area contributed by atoms with Crippen molar-refractivity contribution in [3.05, 3.63) is 77.6 Å². The van der Waals surface area contributed by atoms with Gasteiger partial charge in [-0.3, -0.25) is 19.4 Å². The van der Waals surface area contributed by atoms with E-state index in [9.17, 15) is 14.4 Å². The number of nitrogens with zero attached hydrogens (tertiary/aromatic N) is 2. The number of ether oxygens (including phenoxy) is 4. The van der Waals surface area contributed by atoms with E-state index in [2.05, 4.69) is 15.6 Å². The summed E-state index contributed by atoms with van der Waals surface area (Å²) in [5.41, 5.74) is 1.39. The summed E-state index contributed by atoms with van der Waals surface area (Å²) in [6.07, 6.45) is 0.981. The third kappa shape index (κ3) is 5.71. The number of benzene rings is 2. The fourth-order valence-electron chi connectivity index (χ4n) is 4.51. The Morgan fingerprint density at radius 1 is 1.00 bits per heavy atom. The molecule has 39 heavy (non-hydrogen) atoms. The van der Waals surface area contributed by atoms with E-state index >= 15 is 0 Å². The lowest BCUT2D eigenvalue weighted by Crippen LogP contribution is -2.45. The molecule has 0 spiro atoms. The fraction of sp³-hybridized carbons (Fsp3) is 0.286. The molecule has 3 aliphatic heterocycles. The number of rotatable bonds is 3. The Balaban J connectivity index is 1.49. The van der Waals surface area contributed by atoms with Crippen LogP contribution in [0.1, 0.15) is 26.4 Å². The molecule has 202 valence electrons. The molecule has 6 rings (SSSR count). The Bertz CT molecular complexity index is 1380. The van der Waals surface area contributed by atoms with Gasteiger partial charge < -0.3 is 34.5 Å². The number of fused-ring (bicyclic) bond motifs is 7. The van der Waals surface area contributed by atoms with Crippen LogP contribution in [0.5, 0.6) is 23.0 Å². The van der Waals surface area contributed by atoms with Crippen molar-refractivity contribution in [3.8, 4) is 23.0 Å². The van der Waals surface area contributed by atoms with Crippen LogP contribution in [0.25, 0.3) is 0 Å². The monoisotopic (exact) mass is 532 g/mol. The van der Waals surface area contributed by atoms with E-state index in [1.807, 2.05) is 6.07 Å². The van der Waals surface area contributed by atoms with Crippen molar-refractivity contribution in [2.24, 2.45) is 0 Å². The molecule has 2 N–H and O–H groups in total. The first kappa shape index (κ1) is 25.8. The number of aromatic nitrogens is 1. The minimum absolute atomic E-state index is 0.212. The van der Waals surface area contributed by atoms with Crippen molar-refractivity contribution in [2.75, 3.05) is 33.9 Å². The van der Waals surface area contributed by atoms with Gasteiger partial charge in [-0.2, -0.15) is 0 Å². The second kappa shape index (κ2) is 11.3. The van der Waals surface area contributed by atoms with Crippen LogP contribution in [-0.2, 0) is 11.3 Å². The van der Waals surface area contributed by atoms with Gasteiger partial charge in [0.2, 0.25) is 0 Å². The molecular weight excluding hydrogens is 504 g/mol. The number of amides is 3. The topological polar surface area (TPSA) is 128 Å². The number of likely N-dealkylation sites (tertiary alicyclic amines) is 1. The van der Waals surface area contributed by atoms with Gasteiger partial charge in [0, 0.05) is 24.8 Å². The largest absolute Gasteiger partial charge is 0.493 e. The maximum Gasteiger partial charge on any atom is 0.272 e. The highest BCUT2D eigenvalue weighted by molar-refractivity contribution is 5.96. The van der Waals surface area contributed by atoms with Gasteiger partial charge in [0.25, 0.3) is 17.7 Å². The molecule has 2 aromatic carbocycles. The average Bonchev–Trinajstić information content (AvgIpc) is 3.36. The summed E-state index contributed by atoms with van der Waals surface area (Å²) in [6, 6.07) is 14.6. The molecule has 4 heterocycles. The Morgan fingerprint density at radius 3 is 2.62 bits per heavy atom. The Hall–Kier alpha value is -4.80. The van der Waals surface area contributed by atoms with Crippen molar-refractivity contribution < 1.29 is 33.3 Å². The molecule has 11 heteroatoms. The smallest absolute Gasteiger partial charge is 0.272 e. The van der Waals surface area contributed by atoms with Gasteiger partial charge >= 0.3 is 0 Å². The maximum atomic E-state index is 13.3. The van der Waals surface area contributed by atoms with Crippen LogP contribution >= 0.6 is 0 Å². The Kier molecular flexibility index (Phi) is 7.48. The second-order valence-corrected chi connectivity index (χ2v) is 9.08. The number of carbonyl (C=O) groups excluding carboxylic acids is 3. The van der Waals surface area contributed by atoms with E-state index in [1.54, 1.807) is 53.6 Å². The van der Waals surface area contributed by atoms with Gasteiger partial charge in [-0.05, 0) is 48.0 Å². The zero-order valence-corrected chi connectivity index (χ0v) is 21.5.